The Morgan fingerprint density at radius 3 is 2.73 bits per heavy atom. The zero-order chi connectivity index (χ0) is 18.9. The second kappa shape index (κ2) is 6.96. The van der Waals surface area contributed by atoms with Gasteiger partial charge in [-0.1, -0.05) is 23.7 Å². The number of nitrogens with one attached hydrogen (secondary N) is 1. The molecular weight excluding hydrogens is 356 g/mol. The van der Waals surface area contributed by atoms with Crippen LogP contribution in [0.3, 0.4) is 0 Å². The Kier molecular flexibility index (Phi) is 4.87. The van der Waals surface area contributed by atoms with Crippen molar-refractivity contribution in [1.29, 1.82) is 0 Å². The number of esters is 1. The maximum absolute atomic E-state index is 12.5. The summed E-state index contributed by atoms with van der Waals surface area (Å²) in [5.74, 6) is -1.28. The lowest BCUT2D eigenvalue weighted by molar-refractivity contribution is -0.146. The van der Waals surface area contributed by atoms with Crippen LogP contribution in [-0.4, -0.2) is 34.1 Å². The molecule has 1 aliphatic carbocycles. The van der Waals surface area contributed by atoms with Crippen molar-refractivity contribution in [1.82, 2.24) is 10.3 Å². The van der Waals surface area contributed by atoms with Gasteiger partial charge in [0.25, 0.3) is 5.91 Å². The van der Waals surface area contributed by atoms with Crippen LogP contribution < -0.4 is 5.32 Å². The SMILES string of the molecule is CCOC(=O)C1(NC(=O)c2ncc(-c3cccc(Cl)c3)c(C)c2O)CC1. The first-order valence-corrected chi connectivity index (χ1v) is 8.70. The van der Waals surface area contributed by atoms with E-state index in [1.807, 2.05) is 6.07 Å². The van der Waals surface area contributed by atoms with Crippen LogP contribution in [0.2, 0.25) is 5.02 Å². The highest BCUT2D eigenvalue weighted by Gasteiger charge is 2.53. The van der Waals surface area contributed by atoms with E-state index in [0.717, 1.165) is 5.56 Å². The van der Waals surface area contributed by atoms with E-state index in [2.05, 4.69) is 10.3 Å². The van der Waals surface area contributed by atoms with Gasteiger partial charge in [0.2, 0.25) is 0 Å². The number of rotatable bonds is 5. The molecule has 136 valence electrons. The van der Waals surface area contributed by atoms with Crippen molar-refractivity contribution in [3.05, 3.63) is 46.7 Å². The molecule has 0 atom stereocenters. The molecule has 1 fully saturated rings. The zero-order valence-electron chi connectivity index (χ0n) is 14.5. The van der Waals surface area contributed by atoms with Crippen molar-refractivity contribution < 1.29 is 19.4 Å². The number of carbonyl (C=O) groups excluding carboxylic acids is 2. The van der Waals surface area contributed by atoms with Gasteiger partial charge in [0.05, 0.1) is 6.61 Å². The van der Waals surface area contributed by atoms with Gasteiger partial charge in [0, 0.05) is 22.3 Å². The molecule has 1 amide bonds. The average Bonchev–Trinajstić information content (AvgIpc) is 3.38. The lowest BCUT2D eigenvalue weighted by atomic mass is 10.0. The molecule has 1 aliphatic rings. The van der Waals surface area contributed by atoms with Crippen LogP contribution in [0, 0.1) is 6.92 Å². The first-order valence-electron chi connectivity index (χ1n) is 8.32. The predicted octanol–water partition coefficient (Wildman–Crippen LogP) is 3.24. The largest absolute Gasteiger partial charge is 0.505 e. The van der Waals surface area contributed by atoms with E-state index in [1.165, 1.54) is 6.20 Å². The molecule has 0 aliphatic heterocycles. The smallest absolute Gasteiger partial charge is 0.331 e. The Bertz CT molecular complexity index is 878. The Morgan fingerprint density at radius 2 is 2.12 bits per heavy atom. The molecule has 6 nitrogen and oxygen atoms in total. The molecule has 0 radical (unpaired) electrons. The van der Waals surface area contributed by atoms with Gasteiger partial charge in [-0.25, -0.2) is 9.78 Å². The van der Waals surface area contributed by atoms with Crippen LogP contribution in [0.4, 0.5) is 0 Å². The minimum atomic E-state index is -0.999. The van der Waals surface area contributed by atoms with Crippen molar-refractivity contribution in [2.45, 2.75) is 32.2 Å². The molecule has 1 heterocycles. The van der Waals surface area contributed by atoms with E-state index in [9.17, 15) is 14.7 Å². The van der Waals surface area contributed by atoms with Gasteiger partial charge in [-0.3, -0.25) is 4.79 Å². The van der Waals surface area contributed by atoms with E-state index in [-0.39, 0.29) is 18.1 Å². The minimum absolute atomic E-state index is 0.121. The number of hydrogen-bond acceptors (Lipinski definition) is 5. The number of ether oxygens (including phenoxy) is 1. The fourth-order valence-corrected chi connectivity index (χ4v) is 2.95. The molecule has 0 saturated heterocycles. The van der Waals surface area contributed by atoms with Crippen LogP contribution >= 0.6 is 11.6 Å². The third kappa shape index (κ3) is 3.37. The fourth-order valence-electron chi connectivity index (χ4n) is 2.76. The Hall–Kier alpha value is -2.60. The van der Waals surface area contributed by atoms with Gasteiger partial charge >= 0.3 is 5.97 Å². The summed E-state index contributed by atoms with van der Waals surface area (Å²) in [4.78, 5) is 28.6. The summed E-state index contributed by atoms with van der Waals surface area (Å²) in [5.41, 5.74) is 0.848. The first-order chi connectivity index (χ1) is 12.4. The molecule has 2 aromatic rings. The van der Waals surface area contributed by atoms with Gasteiger partial charge in [0.1, 0.15) is 11.3 Å². The highest BCUT2D eigenvalue weighted by Crippen LogP contribution is 2.38. The number of aromatic nitrogens is 1. The fraction of sp³-hybridized carbons (Fsp3) is 0.316. The minimum Gasteiger partial charge on any atom is -0.505 e. The summed E-state index contributed by atoms with van der Waals surface area (Å²) in [6.07, 6.45) is 2.54. The number of carbonyl (C=O) groups is 2. The van der Waals surface area contributed by atoms with Crippen LogP contribution in [0.25, 0.3) is 11.1 Å². The van der Waals surface area contributed by atoms with Gasteiger partial charge in [-0.15, -0.1) is 0 Å². The molecule has 0 spiro atoms. The number of pyridine rings is 1. The Balaban J connectivity index is 1.87. The topological polar surface area (TPSA) is 88.5 Å². The first kappa shape index (κ1) is 18.2. The molecule has 1 saturated carbocycles. The van der Waals surface area contributed by atoms with E-state index >= 15 is 0 Å². The van der Waals surface area contributed by atoms with Crippen molar-refractivity contribution in [2.75, 3.05) is 6.61 Å². The van der Waals surface area contributed by atoms with E-state index < -0.39 is 17.4 Å². The maximum Gasteiger partial charge on any atom is 0.331 e. The van der Waals surface area contributed by atoms with Gasteiger partial charge in [-0.05, 0) is 44.4 Å². The van der Waals surface area contributed by atoms with Crippen LogP contribution in [0.15, 0.2) is 30.5 Å². The van der Waals surface area contributed by atoms with Crippen molar-refractivity contribution in [2.24, 2.45) is 0 Å². The summed E-state index contributed by atoms with van der Waals surface area (Å²) in [6.45, 7) is 3.65. The normalized spacial score (nSPS) is 14.6. The van der Waals surface area contributed by atoms with Crippen LogP contribution in [-0.2, 0) is 9.53 Å². The zero-order valence-corrected chi connectivity index (χ0v) is 15.3. The van der Waals surface area contributed by atoms with Gasteiger partial charge < -0.3 is 15.2 Å². The Morgan fingerprint density at radius 1 is 1.38 bits per heavy atom. The molecule has 0 bridgehead atoms. The molecule has 2 N–H and O–H groups in total. The molecule has 26 heavy (non-hydrogen) atoms. The quantitative estimate of drug-likeness (QED) is 0.784. The number of nitrogens with zero attached hydrogens (tertiary/aromatic N) is 1. The third-order valence-electron chi connectivity index (χ3n) is 4.43. The van der Waals surface area contributed by atoms with Gasteiger partial charge in [0.15, 0.2) is 5.69 Å². The summed E-state index contributed by atoms with van der Waals surface area (Å²) in [7, 11) is 0. The number of aromatic hydroxyl groups is 1. The number of benzene rings is 1. The monoisotopic (exact) mass is 374 g/mol. The molecule has 3 rings (SSSR count). The highest BCUT2D eigenvalue weighted by molar-refractivity contribution is 6.30. The standard InChI is InChI=1S/C19H19ClN2O4/c1-3-26-18(25)19(7-8-19)22-17(24)15-16(23)11(2)14(10-21-15)12-5-4-6-13(20)9-12/h4-6,9-10,23H,3,7-8H2,1-2H3,(H,22,24). The van der Waals surface area contributed by atoms with Crippen molar-refractivity contribution >= 4 is 23.5 Å². The summed E-state index contributed by atoms with van der Waals surface area (Å²) in [5, 5.41) is 13.7. The summed E-state index contributed by atoms with van der Waals surface area (Å²) < 4.78 is 5.00. The van der Waals surface area contributed by atoms with E-state index in [1.54, 1.807) is 32.0 Å². The molecule has 1 aromatic carbocycles. The number of amides is 1. The van der Waals surface area contributed by atoms with Crippen molar-refractivity contribution in [3.8, 4) is 16.9 Å². The van der Waals surface area contributed by atoms with Crippen molar-refractivity contribution in [3.63, 3.8) is 0 Å². The maximum atomic E-state index is 12.5. The highest BCUT2D eigenvalue weighted by atomic mass is 35.5. The molecular formula is C19H19ClN2O4. The van der Waals surface area contributed by atoms with Gasteiger partial charge in [-0.2, -0.15) is 0 Å². The number of halogens is 1. The van der Waals surface area contributed by atoms with E-state index in [4.69, 9.17) is 16.3 Å². The van der Waals surface area contributed by atoms with Crippen LogP contribution in [0.5, 0.6) is 5.75 Å². The predicted molar refractivity (Wildman–Crippen MR) is 97.1 cm³/mol. The third-order valence-corrected chi connectivity index (χ3v) is 4.66. The summed E-state index contributed by atoms with van der Waals surface area (Å²) in [6, 6.07) is 7.14. The molecule has 7 heteroatoms. The second-order valence-electron chi connectivity index (χ2n) is 6.26. The van der Waals surface area contributed by atoms with Crippen LogP contribution in [0.1, 0.15) is 35.8 Å². The second-order valence-corrected chi connectivity index (χ2v) is 6.70. The molecule has 0 unspecified atom stereocenters. The lowest BCUT2D eigenvalue weighted by Crippen LogP contribution is -2.44. The summed E-state index contributed by atoms with van der Waals surface area (Å²) >= 11 is 6.01. The number of hydrogen-bond donors (Lipinski definition) is 2. The lowest BCUT2D eigenvalue weighted by Gasteiger charge is -2.17. The Labute approximate surface area is 156 Å². The van der Waals surface area contributed by atoms with E-state index in [0.29, 0.717) is 29.0 Å². The average molecular weight is 375 g/mol. The molecule has 1 aromatic heterocycles.